The van der Waals surface area contributed by atoms with Crippen molar-refractivity contribution in [2.24, 2.45) is 0 Å². The number of benzene rings is 1. The van der Waals surface area contributed by atoms with Gasteiger partial charge in [0.15, 0.2) is 0 Å². The summed E-state index contributed by atoms with van der Waals surface area (Å²) in [6.07, 6.45) is 3.72. The van der Waals surface area contributed by atoms with Gasteiger partial charge in [0.05, 0.1) is 4.92 Å². The molecule has 1 aromatic heterocycles. The number of nitrogens with zero attached hydrogens (tertiary/aromatic N) is 1. The first-order chi connectivity index (χ1) is 9.15. The van der Waals surface area contributed by atoms with Gasteiger partial charge in [-0.3, -0.25) is 10.1 Å². The van der Waals surface area contributed by atoms with Crippen molar-refractivity contribution >= 4 is 46.0 Å². The second-order valence-electron chi connectivity index (χ2n) is 3.64. The number of nitro benzene ring substituents is 1. The number of hydrogen-bond acceptors (Lipinski definition) is 4. The van der Waals surface area contributed by atoms with Crippen molar-refractivity contribution in [3.63, 3.8) is 0 Å². The Morgan fingerprint density at radius 1 is 1.32 bits per heavy atom. The van der Waals surface area contributed by atoms with Crippen LogP contribution in [0, 0.1) is 10.1 Å². The molecule has 19 heavy (non-hydrogen) atoms. The first-order valence-corrected chi connectivity index (χ1v) is 6.71. The van der Waals surface area contributed by atoms with Crippen LogP contribution in [-0.2, 0) is 0 Å². The topological polar surface area (TPSA) is 55.2 Å². The quantitative estimate of drug-likeness (QED) is 0.398. The molecule has 1 N–H and O–H groups in total. The van der Waals surface area contributed by atoms with Gasteiger partial charge in [-0.15, -0.1) is 11.3 Å². The smallest absolute Gasteiger partial charge is 0.269 e. The molecule has 0 saturated carbocycles. The van der Waals surface area contributed by atoms with E-state index in [1.54, 1.807) is 29.5 Å². The van der Waals surface area contributed by atoms with Gasteiger partial charge in [-0.1, -0.05) is 18.3 Å². The highest BCUT2D eigenvalue weighted by atomic mass is 32.1. The van der Waals surface area contributed by atoms with E-state index in [1.807, 2.05) is 23.6 Å². The molecule has 0 atom stereocenters. The lowest BCUT2D eigenvalue weighted by Crippen LogP contribution is -2.04. The Morgan fingerprint density at radius 2 is 2.05 bits per heavy atom. The van der Waals surface area contributed by atoms with Gasteiger partial charge in [-0.2, -0.15) is 0 Å². The molecule has 0 aliphatic heterocycles. The number of nitrogens with one attached hydrogen (secondary N) is 1. The van der Waals surface area contributed by atoms with Crippen molar-refractivity contribution in [2.75, 3.05) is 5.32 Å². The minimum Gasteiger partial charge on any atom is -0.347 e. The standard InChI is InChI=1S/C13H10N2O2S2/c16-15(17)11-5-3-10(4-6-11)14-13(18)8-7-12-2-1-9-19-12/h1-9H,(H,14,18). The molecule has 0 radical (unpaired) electrons. The molecule has 0 saturated heterocycles. The Bertz CT molecular complexity index is 604. The van der Waals surface area contributed by atoms with Crippen molar-refractivity contribution in [1.82, 2.24) is 0 Å². The van der Waals surface area contributed by atoms with Crippen LogP contribution in [0.1, 0.15) is 4.88 Å². The number of thiophene rings is 1. The van der Waals surface area contributed by atoms with Crippen LogP contribution in [0.15, 0.2) is 47.9 Å². The predicted octanol–water partition coefficient (Wildman–Crippen LogP) is 4.11. The predicted molar refractivity (Wildman–Crippen MR) is 82.7 cm³/mol. The summed E-state index contributed by atoms with van der Waals surface area (Å²) in [5.41, 5.74) is 0.789. The van der Waals surface area contributed by atoms with E-state index in [0.29, 0.717) is 4.99 Å². The van der Waals surface area contributed by atoms with E-state index in [1.165, 1.54) is 12.1 Å². The number of nitro groups is 1. The summed E-state index contributed by atoms with van der Waals surface area (Å²) in [5, 5.41) is 15.5. The van der Waals surface area contributed by atoms with E-state index in [-0.39, 0.29) is 5.69 Å². The second-order valence-corrected chi connectivity index (χ2v) is 5.06. The molecule has 6 heteroatoms. The Kier molecular flexibility index (Phi) is 4.38. The minimum atomic E-state index is -0.432. The van der Waals surface area contributed by atoms with Crippen LogP contribution in [0.4, 0.5) is 11.4 Å². The zero-order chi connectivity index (χ0) is 13.7. The lowest BCUT2D eigenvalue weighted by Gasteiger charge is -2.03. The highest BCUT2D eigenvalue weighted by molar-refractivity contribution is 7.81. The molecule has 0 unspecified atom stereocenters. The first kappa shape index (κ1) is 13.4. The van der Waals surface area contributed by atoms with Crippen LogP contribution in [0.2, 0.25) is 0 Å². The molecule has 2 rings (SSSR count). The molecule has 4 nitrogen and oxygen atoms in total. The summed E-state index contributed by atoms with van der Waals surface area (Å²) in [5.74, 6) is 0. The zero-order valence-electron chi connectivity index (χ0n) is 9.78. The maximum absolute atomic E-state index is 10.5. The fourth-order valence-corrected chi connectivity index (χ4v) is 2.20. The third-order valence-electron chi connectivity index (χ3n) is 2.29. The van der Waals surface area contributed by atoms with Crippen molar-refractivity contribution < 1.29 is 4.92 Å². The van der Waals surface area contributed by atoms with Gasteiger partial charge in [-0.05, 0) is 35.7 Å². The van der Waals surface area contributed by atoms with E-state index < -0.39 is 4.92 Å². The van der Waals surface area contributed by atoms with Crippen LogP contribution < -0.4 is 5.32 Å². The Morgan fingerprint density at radius 3 is 2.63 bits per heavy atom. The number of non-ortho nitro benzene ring substituents is 1. The molecule has 0 fully saturated rings. The van der Waals surface area contributed by atoms with Crippen molar-refractivity contribution in [1.29, 1.82) is 0 Å². The van der Waals surface area contributed by atoms with Gasteiger partial charge < -0.3 is 5.32 Å². The lowest BCUT2D eigenvalue weighted by molar-refractivity contribution is -0.384. The van der Waals surface area contributed by atoms with Crippen LogP contribution in [0.5, 0.6) is 0 Å². The van der Waals surface area contributed by atoms with Gasteiger partial charge >= 0.3 is 0 Å². The molecule has 96 valence electrons. The lowest BCUT2D eigenvalue weighted by atomic mass is 10.3. The molecule has 1 heterocycles. The maximum atomic E-state index is 10.5. The zero-order valence-corrected chi connectivity index (χ0v) is 11.4. The number of rotatable bonds is 4. The normalized spacial score (nSPS) is 10.5. The van der Waals surface area contributed by atoms with Gasteiger partial charge in [-0.25, -0.2) is 0 Å². The summed E-state index contributed by atoms with van der Waals surface area (Å²) in [4.78, 5) is 11.8. The summed E-state index contributed by atoms with van der Waals surface area (Å²) in [6.45, 7) is 0. The van der Waals surface area contributed by atoms with Crippen LogP contribution >= 0.6 is 23.6 Å². The van der Waals surface area contributed by atoms with Gasteiger partial charge in [0.2, 0.25) is 0 Å². The molecule has 0 bridgehead atoms. The van der Waals surface area contributed by atoms with Crippen molar-refractivity contribution in [2.45, 2.75) is 0 Å². The Balaban J connectivity index is 1.97. The van der Waals surface area contributed by atoms with Crippen LogP contribution in [-0.4, -0.2) is 9.91 Å². The molecular weight excluding hydrogens is 280 g/mol. The Hall–Kier alpha value is -2.05. The fraction of sp³-hybridized carbons (Fsp3) is 0. The largest absolute Gasteiger partial charge is 0.347 e. The molecule has 0 aliphatic rings. The third kappa shape index (κ3) is 3.97. The fourth-order valence-electron chi connectivity index (χ4n) is 1.39. The molecule has 0 spiro atoms. The summed E-state index contributed by atoms with van der Waals surface area (Å²) in [6, 6.07) is 10.1. The van der Waals surface area contributed by atoms with Crippen LogP contribution in [0.25, 0.3) is 6.08 Å². The molecule has 1 aromatic carbocycles. The number of thiocarbonyl (C=S) groups is 1. The summed E-state index contributed by atoms with van der Waals surface area (Å²) >= 11 is 6.79. The van der Waals surface area contributed by atoms with E-state index in [0.717, 1.165) is 10.6 Å². The van der Waals surface area contributed by atoms with Crippen molar-refractivity contribution in [3.05, 3.63) is 62.8 Å². The number of anilines is 1. The summed E-state index contributed by atoms with van der Waals surface area (Å²) < 4.78 is 0. The van der Waals surface area contributed by atoms with Crippen molar-refractivity contribution in [3.8, 4) is 0 Å². The Labute approximate surface area is 119 Å². The average Bonchev–Trinajstić information content (AvgIpc) is 2.90. The van der Waals surface area contributed by atoms with Gasteiger partial charge in [0, 0.05) is 22.7 Å². The van der Waals surface area contributed by atoms with E-state index in [4.69, 9.17) is 12.2 Å². The maximum Gasteiger partial charge on any atom is 0.269 e. The highest BCUT2D eigenvalue weighted by Crippen LogP contribution is 2.16. The van der Waals surface area contributed by atoms with Gasteiger partial charge in [0.25, 0.3) is 5.69 Å². The molecular formula is C13H10N2O2S2. The van der Waals surface area contributed by atoms with E-state index >= 15 is 0 Å². The molecule has 0 amide bonds. The summed E-state index contributed by atoms with van der Waals surface area (Å²) in [7, 11) is 0. The van der Waals surface area contributed by atoms with Crippen LogP contribution in [0.3, 0.4) is 0 Å². The second kappa shape index (κ2) is 6.21. The van der Waals surface area contributed by atoms with E-state index in [9.17, 15) is 10.1 Å². The monoisotopic (exact) mass is 290 g/mol. The highest BCUT2D eigenvalue weighted by Gasteiger charge is 2.03. The first-order valence-electron chi connectivity index (χ1n) is 5.42. The van der Waals surface area contributed by atoms with Gasteiger partial charge in [0.1, 0.15) is 4.99 Å². The molecule has 0 aliphatic carbocycles. The third-order valence-corrected chi connectivity index (χ3v) is 3.36. The minimum absolute atomic E-state index is 0.0607. The molecule has 2 aromatic rings. The SMILES string of the molecule is O=[N+]([O-])c1ccc(NC(=S)C=Cc2cccs2)cc1. The van der Waals surface area contributed by atoms with E-state index in [2.05, 4.69) is 5.32 Å². The average molecular weight is 290 g/mol. The number of hydrogen-bond donors (Lipinski definition) is 1.